The van der Waals surface area contributed by atoms with Crippen LogP contribution in [0.5, 0.6) is 0 Å². The second kappa shape index (κ2) is 11.8. The summed E-state index contributed by atoms with van der Waals surface area (Å²) in [7, 11) is 0. The van der Waals surface area contributed by atoms with Crippen molar-refractivity contribution in [1.82, 2.24) is 15.5 Å². The first-order valence-electron chi connectivity index (χ1n) is 10.4. The van der Waals surface area contributed by atoms with Crippen LogP contribution in [0.15, 0.2) is 24.3 Å². The second-order valence-corrected chi connectivity index (χ2v) is 7.65. The van der Waals surface area contributed by atoms with Gasteiger partial charge in [0, 0.05) is 39.0 Å². The number of carbonyl (C=O) groups excluding carboxylic acids is 2. The maximum atomic E-state index is 12.1. The summed E-state index contributed by atoms with van der Waals surface area (Å²) < 4.78 is 0. The number of piperidine rings is 1. The maximum Gasteiger partial charge on any atom is 0.220 e. The molecule has 1 aliphatic heterocycles. The summed E-state index contributed by atoms with van der Waals surface area (Å²) in [6, 6.07) is 9.08. The third kappa shape index (κ3) is 8.12. The Morgan fingerprint density at radius 1 is 1.07 bits per heavy atom. The SMILES string of the molecule is CC(=O)NCCCCCC(=O)NCc1ccccc1CN1CCCCC1C. The lowest BCUT2D eigenvalue weighted by Gasteiger charge is -2.33. The summed E-state index contributed by atoms with van der Waals surface area (Å²) in [6.07, 6.45) is 7.18. The smallest absolute Gasteiger partial charge is 0.220 e. The molecule has 1 aromatic rings. The first-order valence-corrected chi connectivity index (χ1v) is 10.4. The van der Waals surface area contributed by atoms with E-state index in [-0.39, 0.29) is 11.8 Å². The fraction of sp³-hybridized carbons (Fsp3) is 0.636. The number of likely N-dealkylation sites (tertiary alicyclic amines) is 1. The van der Waals surface area contributed by atoms with Gasteiger partial charge in [0.15, 0.2) is 0 Å². The van der Waals surface area contributed by atoms with Crippen LogP contribution in [0.1, 0.15) is 69.9 Å². The molecular formula is C22H35N3O2. The fourth-order valence-corrected chi connectivity index (χ4v) is 3.63. The summed E-state index contributed by atoms with van der Waals surface area (Å²) in [6.45, 7) is 7.27. The summed E-state index contributed by atoms with van der Waals surface area (Å²) in [4.78, 5) is 25.5. The summed E-state index contributed by atoms with van der Waals surface area (Å²) in [5.74, 6) is 0.112. The predicted octanol–water partition coefficient (Wildman–Crippen LogP) is 3.37. The minimum Gasteiger partial charge on any atom is -0.356 e. The topological polar surface area (TPSA) is 61.4 Å². The lowest BCUT2D eigenvalue weighted by atomic mass is 10.0. The van der Waals surface area contributed by atoms with Gasteiger partial charge in [-0.1, -0.05) is 37.1 Å². The van der Waals surface area contributed by atoms with Crippen molar-refractivity contribution in [2.45, 2.75) is 77.9 Å². The Hall–Kier alpha value is -1.88. The number of amides is 2. The summed E-state index contributed by atoms with van der Waals surface area (Å²) in [5.41, 5.74) is 2.54. The van der Waals surface area contributed by atoms with E-state index in [2.05, 4.69) is 40.7 Å². The molecule has 5 heteroatoms. The Morgan fingerprint density at radius 3 is 2.59 bits per heavy atom. The maximum absolute atomic E-state index is 12.1. The number of hydrogen-bond donors (Lipinski definition) is 2. The van der Waals surface area contributed by atoms with Crippen LogP contribution in [0.2, 0.25) is 0 Å². The van der Waals surface area contributed by atoms with E-state index in [0.29, 0.717) is 25.6 Å². The molecule has 2 rings (SSSR count). The van der Waals surface area contributed by atoms with Crippen molar-refractivity contribution in [3.05, 3.63) is 35.4 Å². The average Bonchev–Trinajstić information content (AvgIpc) is 2.65. The number of carbonyl (C=O) groups is 2. The molecule has 1 aromatic carbocycles. The highest BCUT2D eigenvalue weighted by atomic mass is 16.2. The molecule has 0 bridgehead atoms. The van der Waals surface area contributed by atoms with Crippen LogP contribution >= 0.6 is 0 Å². The zero-order valence-corrected chi connectivity index (χ0v) is 16.9. The third-order valence-corrected chi connectivity index (χ3v) is 5.36. The molecule has 2 amide bonds. The Labute approximate surface area is 163 Å². The van der Waals surface area contributed by atoms with E-state index in [1.165, 1.54) is 43.9 Å². The van der Waals surface area contributed by atoms with E-state index in [4.69, 9.17) is 0 Å². The van der Waals surface area contributed by atoms with Gasteiger partial charge in [-0.3, -0.25) is 14.5 Å². The van der Waals surface area contributed by atoms with E-state index in [1.807, 2.05) is 6.07 Å². The van der Waals surface area contributed by atoms with E-state index in [0.717, 1.165) is 25.8 Å². The highest BCUT2D eigenvalue weighted by Crippen LogP contribution is 2.20. The molecule has 5 nitrogen and oxygen atoms in total. The molecule has 0 radical (unpaired) electrons. The first-order chi connectivity index (χ1) is 13.1. The third-order valence-electron chi connectivity index (χ3n) is 5.36. The molecule has 1 aliphatic rings. The van der Waals surface area contributed by atoms with E-state index in [1.54, 1.807) is 0 Å². The number of nitrogens with zero attached hydrogens (tertiary/aromatic N) is 1. The number of benzene rings is 1. The first kappa shape index (κ1) is 21.4. The van der Waals surface area contributed by atoms with E-state index >= 15 is 0 Å². The summed E-state index contributed by atoms with van der Waals surface area (Å²) in [5, 5.41) is 5.85. The van der Waals surface area contributed by atoms with Crippen LogP contribution in [-0.2, 0) is 22.7 Å². The van der Waals surface area contributed by atoms with Crippen LogP contribution in [0.25, 0.3) is 0 Å². The second-order valence-electron chi connectivity index (χ2n) is 7.65. The van der Waals surface area contributed by atoms with Crippen molar-refractivity contribution in [2.75, 3.05) is 13.1 Å². The zero-order chi connectivity index (χ0) is 19.5. The van der Waals surface area contributed by atoms with Crippen molar-refractivity contribution in [1.29, 1.82) is 0 Å². The molecule has 0 aliphatic carbocycles. The van der Waals surface area contributed by atoms with Gasteiger partial charge >= 0.3 is 0 Å². The Bertz CT molecular complexity index is 603. The van der Waals surface area contributed by atoms with Gasteiger partial charge in [0.25, 0.3) is 0 Å². The molecule has 150 valence electrons. The van der Waals surface area contributed by atoms with Crippen molar-refractivity contribution in [3.8, 4) is 0 Å². The Kier molecular flexibility index (Phi) is 9.32. The predicted molar refractivity (Wildman–Crippen MR) is 109 cm³/mol. The monoisotopic (exact) mass is 373 g/mol. The van der Waals surface area contributed by atoms with Crippen LogP contribution < -0.4 is 10.6 Å². The molecule has 1 atom stereocenters. The van der Waals surface area contributed by atoms with Gasteiger partial charge < -0.3 is 10.6 Å². The lowest BCUT2D eigenvalue weighted by molar-refractivity contribution is -0.121. The molecule has 0 aromatic heterocycles. The Balaban J connectivity index is 1.72. The largest absolute Gasteiger partial charge is 0.356 e. The fourth-order valence-electron chi connectivity index (χ4n) is 3.63. The van der Waals surface area contributed by atoms with E-state index in [9.17, 15) is 9.59 Å². The molecule has 1 heterocycles. The minimum atomic E-state index is 0.00496. The Morgan fingerprint density at radius 2 is 1.85 bits per heavy atom. The van der Waals surface area contributed by atoms with Gasteiger partial charge in [-0.25, -0.2) is 0 Å². The van der Waals surface area contributed by atoms with Gasteiger partial charge in [0.1, 0.15) is 0 Å². The van der Waals surface area contributed by atoms with Gasteiger partial charge in [-0.15, -0.1) is 0 Å². The summed E-state index contributed by atoms with van der Waals surface area (Å²) >= 11 is 0. The quantitative estimate of drug-likeness (QED) is 0.618. The number of unbranched alkanes of at least 4 members (excludes halogenated alkanes) is 2. The van der Waals surface area contributed by atoms with Gasteiger partial charge in [0.05, 0.1) is 0 Å². The molecule has 0 saturated carbocycles. The molecule has 0 spiro atoms. The number of nitrogens with one attached hydrogen (secondary N) is 2. The molecule has 1 saturated heterocycles. The molecule has 2 N–H and O–H groups in total. The molecular weight excluding hydrogens is 338 g/mol. The molecule has 1 unspecified atom stereocenters. The van der Waals surface area contributed by atoms with Crippen LogP contribution in [-0.4, -0.2) is 35.8 Å². The average molecular weight is 374 g/mol. The van der Waals surface area contributed by atoms with E-state index < -0.39 is 0 Å². The van der Waals surface area contributed by atoms with Crippen molar-refractivity contribution in [3.63, 3.8) is 0 Å². The van der Waals surface area contributed by atoms with Crippen molar-refractivity contribution >= 4 is 11.8 Å². The normalized spacial score (nSPS) is 17.5. The minimum absolute atomic E-state index is 0.00496. The van der Waals surface area contributed by atoms with Crippen molar-refractivity contribution in [2.24, 2.45) is 0 Å². The standard InChI is InChI=1S/C22H35N3O2/c1-18-10-7-9-15-25(18)17-21-12-6-5-11-20(21)16-24-22(27)13-4-3-8-14-23-19(2)26/h5-6,11-12,18H,3-4,7-10,13-17H2,1-2H3,(H,23,26)(H,24,27). The molecule has 27 heavy (non-hydrogen) atoms. The number of hydrogen-bond acceptors (Lipinski definition) is 3. The van der Waals surface area contributed by atoms with Crippen molar-refractivity contribution < 1.29 is 9.59 Å². The van der Waals surface area contributed by atoms with Crippen LogP contribution in [0.4, 0.5) is 0 Å². The van der Waals surface area contributed by atoms with Gasteiger partial charge in [-0.05, 0) is 50.3 Å². The highest BCUT2D eigenvalue weighted by molar-refractivity contribution is 5.75. The lowest BCUT2D eigenvalue weighted by Crippen LogP contribution is -2.37. The van der Waals surface area contributed by atoms with Crippen LogP contribution in [0, 0.1) is 0 Å². The molecule has 1 fully saturated rings. The highest BCUT2D eigenvalue weighted by Gasteiger charge is 2.19. The van der Waals surface area contributed by atoms with Crippen LogP contribution in [0.3, 0.4) is 0 Å². The van der Waals surface area contributed by atoms with Gasteiger partial charge in [0.2, 0.25) is 11.8 Å². The number of rotatable bonds is 10. The zero-order valence-electron chi connectivity index (χ0n) is 16.9. The van der Waals surface area contributed by atoms with Gasteiger partial charge in [-0.2, -0.15) is 0 Å².